The van der Waals surface area contributed by atoms with Crippen LogP contribution >= 0.6 is 0 Å². The van der Waals surface area contributed by atoms with E-state index in [1.54, 1.807) is 0 Å². The molecule has 0 radical (unpaired) electrons. The number of rotatable bonds is 7. The summed E-state index contributed by atoms with van der Waals surface area (Å²) in [4.78, 5) is 5.21. The molecular formula is C47H103N5. The van der Waals surface area contributed by atoms with Gasteiger partial charge in [0.1, 0.15) is 0 Å². The highest BCUT2D eigenvalue weighted by molar-refractivity contribution is 4.80. The van der Waals surface area contributed by atoms with Crippen LogP contribution < -0.4 is 16.4 Å². The third kappa shape index (κ3) is 39.5. The molecule has 2 atom stereocenters. The van der Waals surface area contributed by atoms with Crippen LogP contribution in [0.3, 0.4) is 0 Å². The van der Waals surface area contributed by atoms with E-state index in [1.807, 2.05) is 13.8 Å². The molecule has 0 spiro atoms. The van der Waals surface area contributed by atoms with Gasteiger partial charge in [0, 0.05) is 12.1 Å². The van der Waals surface area contributed by atoms with Gasteiger partial charge in [0.15, 0.2) is 0 Å². The van der Waals surface area contributed by atoms with E-state index in [9.17, 15) is 0 Å². The summed E-state index contributed by atoms with van der Waals surface area (Å²) < 4.78 is 0. The lowest BCUT2D eigenvalue weighted by atomic mass is 9.88. The molecule has 2 unspecified atom stereocenters. The minimum atomic E-state index is 0.425. The van der Waals surface area contributed by atoms with Crippen LogP contribution in [-0.2, 0) is 0 Å². The Bertz CT molecular complexity index is 737. The first kappa shape index (κ1) is 53.9. The summed E-state index contributed by atoms with van der Waals surface area (Å²) >= 11 is 0. The molecule has 5 heteroatoms. The van der Waals surface area contributed by atoms with Crippen LogP contribution in [0.1, 0.15) is 208 Å². The van der Waals surface area contributed by atoms with Gasteiger partial charge >= 0.3 is 0 Å². The van der Waals surface area contributed by atoms with Gasteiger partial charge in [-0.25, -0.2) is 0 Å². The Morgan fingerprint density at radius 2 is 0.750 bits per heavy atom. The lowest BCUT2D eigenvalue weighted by Gasteiger charge is -2.29. The smallest absolute Gasteiger partial charge is 0.00725 e. The predicted molar refractivity (Wildman–Crippen MR) is 239 cm³/mol. The van der Waals surface area contributed by atoms with Crippen molar-refractivity contribution in [2.24, 2.45) is 32.8 Å². The van der Waals surface area contributed by atoms with E-state index in [0.29, 0.717) is 27.1 Å². The molecule has 0 bridgehead atoms. The Kier molecular flexibility index (Phi) is 29.3. The molecule has 4 rings (SSSR count). The standard InChI is InChI=1S/C11H23N.C10H21N.2C9H19N.C6H15N.C2H6/c1-11(2,3)7-10-12-8-5-4-6-9-12;1-10(2,3)6-9-11-7-4-5-8-11;2*1-9(2,3)7-8-5-4-6-10-8;1-6(2,3)4-5-7;1-2/h4-10H2,1-3H3;4-9H2,1-3H3;2*8,10H,4-7H2,1-3H3;4-5,7H2,1-3H3;1-2H3. The number of nitrogens with two attached hydrogens (primary N) is 1. The zero-order valence-electron chi connectivity index (χ0n) is 39.4. The maximum absolute atomic E-state index is 5.31. The molecule has 4 fully saturated rings. The normalized spacial score (nSPS) is 21.6. The van der Waals surface area contributed by atoms with Crippen LogP contribution in [0.15, 0.2) is 0 Å². The maximum Gasteiger partial charge on any atom is 0.00725 e. The van der Waals surface area contributed by atoms with Crippen molar-refractivity contribution < 1.29 is 0 Å². The minimum Gasteiger partial charge on any atom is -0.330 e. The number of nitrogens with zero attached hydrogens (tertiary/aromatic N) is 2. The third-order valence-corrected chi connectivity index (χ3v) is 9.94. The Hall–Kier alpha value is -0.200. The van der Waals surface area contributed by atoms with Crippen molar-refractivity contribution in [2.75, 3.05) is 58.9 Å². The van der Waals surface area contributed by atoms with Crippen LogP contribution in [0.4, 0.5) is 0 Å². The molecule has 4 saturated heterocycles. The minimum absolute atomic E-state index is 0.425. The van der Waals surface area contributed by atoms with Gasteiger partial charge in [0.05, 0.1) is 0 Å². The molecule has 0 aliphatic carbocycles. The number of nitrogens with one attached hydrogen (secondary N) is 2. The highest BCUT2D eigenvalue weighted by Crippen LogP contribution is 2.26. The molecule has 0 aromatic rings. The van der Waals surface area contributed by atoms with E-state index in [4.69, 9.17) is 5.73 Å². The van der Waals surface area contributed by atoms with E-state index < -0.39 is 0 Å². The van der Waals surface area contributed by atoms with Crippen LogP contribution in [0.5, 0.6) is 0 Å². The van der Waals surface area contributed by atoms with Crippen LogP contribution in [0, 0.1) is 27.1 Å². The molecule has 0 aromatic heterocycles. The van der Waals surface area contributed by atoms with Gasteiger partial charge in [-0.3, -0.25) is 0 Å². The first-order valence-corrected chi connectivity index (χ1v) is 22.5. The van der Waals surface area contributed by atoms with Crippen molar-refractivity contribution in [3.05, 3.63) is 0 Å². The molecule has 0 saturated carbocycles. The molecular weight excluding hydrogens is 635 g/mol. The fraction of sp³-hybridized carbons (Fsp3) is 1.00. The molecule has 4 aliphatic rings. The number of hydrogen-bond acceptors (Lipinski definition) is 5. The number of hydrogen-bond donors (Lipinski definition) is 3. The summed E-state index contributed by atoms with van der Waals surface area (Å²) in [5.74, 6) is 0. The maximum atomic E-state index is 5.31. The van der Waals surface area contributed by atoms with E-state index in [2.05, 4.69) is 124 Å². The summed E-state index contributed by atoms with van der Waals surface area (Å²) in [6, 6.07) is 1.61. The van der Waals surface area contributed by atoms with Gasteiger partial charge < -0.3 is 26.2 Å². The fourth-order valence-corrected chi connectivity index (χ4v) is 6.95. The molecule has 5 nitrogen and oxygen atoms in total. The Morgan fingerprint density at radius 1 is 0.442 bits per heavy atom. The Balaban J connectivity index is 0. The van der Waals surface area contributed by atoms with Gasteiger partial charge in [-0.15, -0.1) is 0 Å². The molecule has 4 heterocycles. The zero-order valence-corrected chi connectivity index (χ0v) is 39.4. The Labute approximate surface area is 330 Å². The summed E-state index contributed by atoms with van der Waals surface area (Å²) in [6.45, 7) is 49.7. The molecule has 4 aliphatic heterocycles. The van der Waals surface area contributed by atoms with E-state index in [-0.39, 0.29) is 0 Å². The zero-order chi connectivity index (χ0) is 40.5. The summed E-state index contributed by atoms with van der Waals surface area (Å²) in [5.41, 5.74) is 7.77. The van der Waals surface area contributed by atoms with Crippen molar-refractivity contribution in [3.63, 3.8) is 0 Å². The summed E-state index contributed by atoms with van der Waals surface area (Å²) in [6.07, 6.45) is 19.1. The van der Waals surface area contributed by atoms with Crippen molar-refractivity contribution in [1.29, 1.82) is 0 Å². The van der Waals surface area contributed by atoms with Gasteiger partial charge in [-0.05, 0) is 169 Å². The molecule has 0 aromatic carbocycles. The van der Waals surface area contributed by atoms with Gasteiger partial charge in [0.25, 0.3) is 0 Å². The van der Waals surface area contributed by atoms with Gasteiger partial charge in [-0.1, -0.05) is 124 Å². The van der Waals surface area contributed by atoms with Crippen LogP contribution in [0.2, 0.25) is 0 Å². The van der Waals surface area contributed by atoms with E-state index in [0.717, 1.165) is 25.0 Å². The van der Waals surface area contributed by atoms with E-state index in [1.165, 1.54) is 136 Å². The second-order valence-electron chi connectivity index (χ2n) is 22.3. The highest BCUT2D eigenvalue weighted by Gasteiger charge is 2.22. The topological polar surface area (TPSA) is 56.6 Å². The van der Waals surface area contributed by atoms with Gasteiger partial charge in [-0.2, -0.15) is 0 Å². The second kappa shape index (κ2) is 28.2. The van der Waals surface area contributed by atoms with Crippen LogP contribution in [0.25, 0.3) is 0 Å². The SMILES string of the molecule is CC.CC(C)(C)CC1CCCN1.CC(C)(C)CC1CCCN1.CC(C)(C)CCN.CC(C)(C)CCN1CCCC1.CC(C)(C)CCN1CCCCC1. The molecule has 4 N–H and O–H groups in total. The number of piperidine rings is 1. The van der Waals surface area contributed by atoms with Crippen molar-refractivity contribution >= 4 is 0 Å². The average Bonchev–Trinajstić information content (AvgIpc) is 3.81. The number of likely N-dealkylation sites (tertiary alicyclic amines) is 2. The fourth-order valence-electron chi connectivity index (χ4n) is 6.95. The van der Waals surface area contributed by atoms with Crippen molar-refractivity contribution in [2.45, 2.75) is 220 Å². The van der Waals surface area contributed by atoms with E-state index >= 15 is 0 Å². The molecule has 0 amide bonds. The first-order valence-electron chi connectivity index (χ1n) is 22.5. The van der Waals surface area contributed by atoms with Gasteiger partial charge in [0.2, 0.25) is 0 Å². The highest BCUT2D eigenvalue weighted by atomic mass is 15.1. The summed E-state index contributed by atoms with van der Waals surface area (Å²) in [5, 5.41) is 7.03. The Morgan fingerprint density at radius 3 is 0.962 bits per heavy atom. The van der Waals surface area contributed by atoms with Crippen LogP contribution in [-0.4, -0.2) is 80.8 Å². The third-order valence-electron chi connectivity index (χ3n) is 9.94. The van der Waals surface area contributed by atoms with Crippen molar-refractivity contribution in [3.8, 4) is 0 Å². The second-order valence-corrected chi connectivity index (χ2v) is 22.3. The monoisotopic (exact) mass is 738 g/mol. The predicted octanol–water partition coefficient (Wildman–Crippen LogP) is 12.2. The molecule has 316 valence electrons. The quantitative estimate of drug-likeness (QED) is 0.243. The molecule has 52 heavy (non-hydrogen) atoms. The largest absolute Gasteiger partial charge is 0.330 e. The van der Waals surface area contributed by atoms with Crippen molar-refractivity contribution in [1.82, 2.24) is 20.4 Å². The summed E-state index contributed by atoms with van der Waals surface area (Å²) in [7, 11) is 0. The lowest BCUT2D eigenvalue weighted by molar-refractivity contribution is 0.196. The average molecular weight is 738 g/mol. The lowest BCUT2D eigenvalue weighted by Crippen LogP contribution is -2.32. The first-order chi connectivity index (χ1) is 23.9.